The molecule has 1 aliphatic rings. The molecule has 53 heavy (non-hydrogen) atoms. The van der Waals surface area contributed by atoms with E-state index in [4.69, 9.17) is 23.1 Å². The number of esters is 3. The highest BCUT2D eigenvalue weighted by Gasteiger charge is 2.48. The van der Waals surface area contributed by atoms with Gasteiger partial charge in [-0.05, 0) is 152 Å². The van der Waals surface area contributed by atoms with Crippen molar-refractivity contribution < 1.29 is 62.4 Å². The SMILES string of the molecule is [2H]C([2H])([2H])OC1=CC(=O)C=C(C)[C@]1(O)C(=O)Oc1c(C)c(C)c(C(=O)Oc2cc(C)c(C(=O)Oc3c(C)c(C)c(C(=O)O)c(C)c3C)c(C)c2CC)c(O)c1Br. The van der Waals surface area contributed by atoms with Gasteiger partial charge in [-0.1, -0.05) is 6.92 Å². The summed E-state index contributed by atoms with van der Waals surface area (Å²) in [4.78, 5) is 65.1. The lowest BCUT2D eigenvalue weighted by molar-refractivity contribution is -0.151. The minimum Gasteiger partial charge on any atom is -0.506 e. The summed E-state index contributed by atoms with van der Waals surface area (Å²) in [6, 6.07) is 1.49. The first-order valence-electron chi connectivity index (χ1n) is 17.8. The molecule has 1 atom stereocenters. The predicted molar refractivity (Wildman–Crippen MR) is 197 cm³/mol. The van der Waals surface area contributed by atoms with Gasteiger partial charge in [-0.15, -0.1) is 0 Å². The van der Waals surface area contributed by atoms with Gasteiger partial charge < -0.3 is 34.3 Å². The van der Waals surface area contributed by atoms with Crippen LogP contribution in [0.15, 0.2) is 34.0 Å². The number of carbonyl (C=O) groups is 5. The van der Waals surface area contributed by atoms with Crippen LogP contribution in [0.1, 0.15) is 99.1 Å². The van der Waals surface area contributed by atoms with Crippen LogP contribution in [0, 0.1) is 55.4 Å². The van der Waals surface area contributed by atoms with E-state index in [1.165, 1.54) is 26.8 Å². The summed E-state index contributed by atoms with van der Waals surface area (Å²) in [5, 5.41) is 32.4. The highest BCUT2D eigenvalue weighted by Crippen LogP contribution is 2.44. The predicted octanol–water partition coefficient (Wildman–Crippen LogP) is 7.02. The first-order chi connectivity index (χ1) is 25.8. The van der Waals surface area contributed by atoms with Gasteiger partial charge in [0, 0.05) is 6.08 Å². The van der Waals surface area contributed by atoms with Gasteiger partial charge in [0.25, 0.3) is 0 Å². The minimum atomic E-state index is -3.14. The molecule has 0 heterocycles. The number of phenolic OH excluding ortho intramolecular Hbond substituents is 1. The monoisotopic (exact) mass is 795 g/mol. The highest BCUT2D eigenvalue weighted by molar-refractivity contribution is 9.10. The Hall–Kier alpha value is -5.27. The molecule has 0 aromatic heterocycles. The summed E-state index contributed by atoms with van der Waals surface area (Å²) >= 11 is 3.16. The van der Waals surface area contributed by atoms with Gasteiger partial charge in [0.1, 0.15) is 33.0 Å². The van der Waals surface area contributed by atoms with Crippen molar-refractivity contribution in [2.75, 3.05) is 7.04 Å². The lowest BCUT2D eigenvalue weighted by atomic mass is 9.87. The lowest BCUT2D eigenvalue weighted by Gasteiger charge is -2.30. The number of aliphatic hydroxyl groups is 1. The Balaban J connectivity index is 1.69. The molecule has 0 amide bonds. The molecule has 4 rings (SSSR count). The number of carbonyl (C=O) groups excluding carboxylic acids is 4. The Morgan fingerprint density at radius 2 is 1.32 bits per heavy atom. The van der Waals surface area contributed by atoms with E-state index in [2.05, 4.69) is 15.9 Å². The second kappa shape index (κ2) is 15.0. The molecule has 0 aliphatic heterocycles. The third-order valence-corrected chi connectivity index (χ3v) is 10.6. The molecule has 0 radical (unpaired) electrons. The Bertz CT molecular complexity index is 2260. The zero-order valence-electron chi connectivity index (χ0n) is 33.8. The molecule has 13 heteroatoms. The zero-order chi connectivity index (χ0) is 42.5. The number of aryl methyl sites for hydroxylation is 1. The van der Waals surface area contributed by atoms with Crippen molar-refractivity contribution in [1.82, 2.24) is 0 Å². The maximum Gasteiger partial charge on any atom is 0.356 e. The number of aromatic carboxylic acids is 1. The molecule has 0 bridgehead atoms. The molecule has 0 unspecified atom stereocenters. The number of hydrogen-bond donors (Lipinski definition) is 3. The maximum atomic E-state index is 13.8. The number of rotatable bonds is 9. The van der Waals surface area contributed by atoms with Gasteiger partial charge in [0.05, 0.1) is 22.3 Å². The number of carboxylic acid groups (broad SMARTS) is 1. The molecule has 0 spiro atoms. The number of allylic oxidation sites excluding steroid dienone is 2. The lowest BCUT2D eigenvalue weighted by Crippen LogP contribution is -2.47. The fourth-order valence-electron chi connectivity index (χ4n) is 6.49. The Morgan fingerprint density at radius 1 is 0.774 bits per heavy atom. The summed E-state index contributed by atoms with van der Waals surface area (Å²) in [6.07, 6.45) is 1.87. The van der Waals surface area contributed by atoms with Gasteiger partial charge in [-0.25, -0.2) is 19.2 Å². The van der Waals surface area contributed by atoms with Gasteiger partial charge in [-0.2, -0.15) is 0 Å². The van der Waals surface area contributed by atoms with Crippen molar-refractivity contribution in [2.45, 2.75) is 81.3 Å². The Morgan fingerprint density at radius 3 is 1.87 bits per heavy atom. The van der Waals surface area contributed by atoms with E-state index in [1.807, 2.05) is 0 Å². The fraction of sp³-hybridized carbons (Fsp3) is 0.325. The topological polar surface area (TPSA) is 183 Å². The molecular weight excluding hydrogens is 752 g/mol. The number of halogens is 1. The molecule has 0 fully saturated rings. The van der Waals surface area contributed by atoms with E-state index in [0.717, 1.165) is 6.08 Å². The second-order valence-electron chi connectivity index (χ2n) is 12.9. The van der Waals surface area contributed by atoms with Crippen LogP contribution in [0.4, 0.5) is 0 Å². The third kappa shape index (κ3) is 6.86. The largest absolute Gasteiger partial charge is 0.506 e. The van der Waals surface area contributed by atoms with Crippen molar-refractivity contribution in [3.8, 4) is 23.0 Å². The van der Waals surface area contributed by atoms with Crippen LogP contribution in [0.2, 0.25) is 0 Å². The van der Waals surface area contributed by atoms with E-state index in [0.29, 0.717) is 51.4 Å². The first-order valence-corrected chi connectivity index (χ1v) is 17.1. The summed E-state index contributed by atoms with van der Waals surface area (Å²) in [5.41, 5.74) is 0.506. The van der Waals surface area contributed by atoms with E-state index in [9.17, 15) is 39.3 Å². The smallest absolute Gasteiger partial charge is 0.356 e. The highest BCUT2D eigenvalue weighted by atomic mass is 79.9. The van der Waals surface area contributed by atoms with Crippen LogP contribution in [0.5, 0.6) is 23.0 Å². The van der Waals surface area contributed by atoms with Crippen LogP contribution >= 0.6 is 15.9 Å². The number of aromatic hydroxyl groups is 1. The summed E-state index contributed by atoms with van der Waals surface area (Å²) < 4.78 is 44.0. The van der Waals surface area contributed by atoms with Crippen molar-refractivity contribution >= 4 is 45.6 Å². The average Bonchev–Trinajstić information content (AvgIpc) is 3.08. The molecule has 1 aliphatic carbocycles. The Kier molecular flexibility index (Phi) is 10.2. The molecule has 3 aromatic rings. The van der Waals surface area contributed by atoms with E-state index >= 15 is 0 Å². The quantitative estimate of drug-likeness (QED) is 0.149. The summed E-state index contributed by atoms with van der Waals surface area (Å²) in [5.74, 6) is -6.53. The van der Waals surface area contributed by atoms with Gasteiger partial charge in [0.15, 0.2) is 11.5 Å². The molecule has 280 valence electrons. The number of methoxy groups -OCH3 is 1. The van der Waals surface area contributed by atoms with E-state index < -0.39 is 53.8 Å². The molecular formula is C40H41BrO12. The standard InChI is InChI=1S/C40H41BrO12/c1-12-26-24(10)29(37(46)52-34-21(7)18(4)30(36(44)45)19(5)22(34)8)16(2)13-27(26)51-38(47)31-20(6)23(9)35(32(41)33(31)43)53-39(48)40(49)17(3)14-25(42)15-28(40)50-11/h13-15,43,49H,12H2,1-11H3,(H,44,45)/t40-/m1/s1/i11D3. The van der Waals surface area contributed by atoms with Crippen LogP contribution in [-0.2, 0) is 20.7 Å². The molecule has 0 saturated carbocycles. The zero-order valence-corrected chi connectivity index (χ0v) is 32.4. The number of phenols is 1. The Labute approximate surface area is 319 Å². The van der Waals surface area contributed by atoms with Crippen LogP contribution in [-0.4, -0.2) is 57.6 Å². The average molecular weight is 797 g/mol. The van der Waals surface area contributed by atoms with E-state index in [-0.39, 0.29) is 55.1 Å². The van der Waals surface area contributed by atoms with Crippen molar-refractivity contribution in [2.24, 2.45) is 0 Å². The van der Waals surface area contributed by atoms with Crippen molar-refractivity contribution in [3.05, 3.63) is 101 Å². The second-order valence-corrected chi connectivity index (χ2v) is 13.7. The third-order valence-electron chi connectivity index (χ3n) is 9.88. The molecule has 12 nitrogen and oxygen atoms in total. The van der Waals surface area contributed by atoms with E-state index in [1.54, 1.807) is 48.5 Å². The summed E-state index contributed by atoms with van der Waals surface area (Å²) in [7, 11) is -3.14. The van der Waals surface area contributed by atoms with Crippen LogP contribution < -0.4 is 14.2 Å². The number of benzene rings is 3. The number of ether oxygens (including phenoxy) is 4. The van der Waals surface area contributed by atoms with Gasteiger partial charge in [-0.3, -0.25) is 4.79 Å². The minimum absolute atomic E-state index is 0.0990. The van der Waals surface area contributed by atoms with Gasteiger partial charge in [0.2, 0.25) is 5.60 Å². The molecule has 3 N–H and O–H groups in total. The fourth-order valence-corrected chi connectivity index (χ4v) is 7.06. The normalized spacial score (nSPS) is 16.5. The molecule has 3 aromatic carbocycles. The number of carboxylic acids is 1. The van der Waals surface area contributed by atoms with Crippen LogP contribution in [0.25, 0.3) is 0 Å². The van der Waals surface area contributed by atoms with Crippen molar-refractivity contribution in [3.63, 3.8) is 0 Å². The molecule has 0 saturated heterocycles. The first kappa shape index (κ1) is 36.1. The van der Waals surface area contributed by atoms with Crippen molar-refractivity contribution in [1.29, 1.82) is 0 Å². The maximum absolute atomic E-state index is 13.8. The number of ketones is 1. The van der Waals surface area contributed by atoms with Crippen LogP contribution in [0.3, 0.4) is 0 Å². The summed E-state index contributed by atoms with van der Waals surface area (Å²) in [6.45, 7) is 15.9. The number of hydrogen-bond acceptors (Lipinski definition) is 11. The van der Waals surface area contributed by atoms with Gasteiger partial charge >= 0.3 is 23.9 Å².